The van der Waals surface area contributed by atoms with E-state index in [1.54, 1.807) is 0 Å². The second-order valence-corrected chi connectivity index (χ2v) is 8.53. The highest BCUT2D eigenvalue weighted by Crippen LogP contribution is 2.44. The number of fused-ring (bicyclic) bond motifs is 2. The molecule has 1 atom stereocenters. The monoisotopic (exact) mass is 418 g/mol. The van der Waals surface area contributed by atoms with E-state index in [2.05, 4.69) is 5.32 Å². The highest BCUT2D eigenvalue weighted by Gasteiger charge is 2.41. The number of nitrogens with one attached hydrogen (secondary N) is 1. The van der Waals surface area contributed by atoms with Crippen LogP contribution in [-0.4, -0.2) is 27.4 Å². The highest BCUT2D eigenvalue weighted by molar-refractivity contribution is 7.93. The van der Waals surface area contributed by atoms with Crippen molar-refractivity contribution in [1.82, 2.24) is 5.32 Å². The van der Waals surface area contributed by atoms with E-state index in [1.165, 1.54) is 4.31 Å². The van der Waals surface area contributed by atoms with Crippen LogP contribution in [0.2, 0.25) is 0 Å². The Bertz CT molecular complexity index is 1060. The molecule has 1 aliphatic rings. The summed E-state index contributed by atoms with van der Waals surface area (Å²) >= 11 is 0. The fraction of sp³-hybridized carbons (Fsp3) is 0.238. The van der Waals surface area contributed by atoms with E-state index in [-0.39, 0.29) is 12.4 Å². The van der Waals surface area contributed by atoms with E-state index >= 15 is 0 Å². The normalized spacial score (nSPS) is 17.5. The second-order valence-electron chi connectivity index (χ2n) is 6.61. The number of anilines is 2. The van der Waals surface area contributed by atoms with Crippen LogP contribution < -0.4 is 14.4 Å². The second kappa shape index (κ2) is 8.39. The lowest BCUT2D eigenvalue weighted by Crippen LogP contribution is -2.43. The molecule has 7 heteroatoms. The van der Waals surface area contributed by atoms with E-state index in [4.69, 9.17) is 4.74 Å². The lowest BCUT2D eigenvalue weighted by Gasteiger charge is -2.36. The summed E-state index contributed by atoms with van der Waals surface area (Å²) < 4.78 is 34.2. The zero-order valence-corrected chi connectivity index (χ0v) is 17.2. The Morgan fingerprint density at radius 2 is 1.64 bits per heavy atom. The molecule has 3 aromatic carbocycles. The first kappa shape index (κ1) is 20.5. The molecule has 148 valence electrons. The summed E-state index contributed by atoms with van der Waals surface area (Å²) in [6.45, 7) is 0.741. The van der Waals surface area contributed by atoms with Crippen molar-refractivity contribution in [2.24, 2.45) is 0 Å². The first-order valence-electron chi connectivity index (χ1n) is 9.04. The molecule has 0 unspecified atom stereocenters. The Labute approximate surface area is 171 Å². The van der Waals surface area contributed by atoms with Crippen molar-refractivity contribution in [1.29, 1.82) is 0 Å². The fourth-order valence-corrected chi connectivity index (χ4v) is 5.18. The van der Waals surface area contributed by atoms with Gasteiger partial charge in [0.1, 0.15) is 5.75 Å². The number of benzene rings is 3. The van der Waals surface area contributed by atoms with Crippen LogP contribution in [0, 0.1) is 0 Å². The van der Waals surface area contributed by atoms with Crippen molar-refractivity contribution in [2.75, 3.05) is 17.9 Å². The minimum atomic E-state index is -3.70. The van der Waals surface area contributed by atoms with Crippen LogP contribution in [0.4, 0.5) is 11.4 Å². The summed E-state index contributed by atoms with van der Waals surface area (Å²) in [5.74, 6) is 0.599. The molecule has 1 N–H and O–H groups in total. The maximum absolute atomic E-state index is 13.4. The Morgan fingerprint density at radius 3 is 2.32 bits per heavy atom. The summed E-state index contributed by atoms with van der Waals surface area (Å²) in [5.41, 5.74) is 0.278. The lowest BCUT2D eigenvalue weighted by atomic mass is 10.1. The summed E-state index contributed by atoms with van der Waals surface area (Å²) in [7, 11) is -1.84. The number of hydrogen-bond acceptors (Lipinski definition) is 4. The summed E-state index contributed by atoms with van der Waals surface area (Å²) in [5, 5.41) is 5.06. The van der Waals surface area contributed by atoms with Gasteiger partial charge in [-0.05, 0) is 55.1 Å². The molecule has 0 saturated carbocycles. The van der Waals surface area contributed by atoms with Crippen LogP contribution in [0.25, 0.3) is 10.8 Å². The van der Waals surface area contributed by atoms with Gasteiger partial charge < -0.3 is 10.1 Å². The van der Waals surface area contributed by atoms with E-state index in [0.717, 1.165) is 17.3 Å². The molecule has 3 aromatic rings. The summed E-state index contributed by atoms with van der Waals surface area (Å²) in [4.78, 5) is 0. The van der Waals surface area contributed by atoms with Crippen molar-refractivity contribution >= 4 is 44.6 Å². The number of hydrogen-bond donors (Lipinski definition) is 1. The Hall–Kier alpha value is -2.28. The van der Waals surface area contributed by atoms with Crippen molar-refractivity contribution in [3.63, 3.8) is 0 Å². The van der Waals surface area contributed by atoms with Gasteiger partial charge in [-0.1, -0.05) is 42.5 Å². The number of rotatable bonds is 5. The van der Waals surface area contributed by atoms with Gasteiger partial charge in [-0.25, -0.2) is 12.7 Å². The molecule has 0 radical (unpaired) electrons. The zero-order valence-electron chi connectivity index (χ0n) is 15.5. The molecule has 4 rings (SSSR count). The molecule has 28 heavy (non-hydrogen) atoms. The molecule has 0 bridgehead atoms. The average molecular weight is 419 g/mol. The van der Waals surface area contributed by atoms with Gasteiger partial charge in [0.15, 0.2) is 0 Å². The van der Waals surface area contributed by atoms with Crippen molar-refractivity contribution in [2.45, 2.75) is 18.3 Å². The van der Waals surface area contributed by atoms with Gasteiger partial charge in [0.25, 0.3) is 10.0 Å². The number of ether oxygens (including phenoxy) is 1. The maximum Gasteiger partial charge on any atom is 0.277 e. The molecular weight excluding hydrogens is 396 g/mol. The first-order chi connectivity index (χ1) is 13.1. The molecule has 0 amide bonds. The van der Waals surface area contributed by atoms with Gasteiger partial charge >= 0.3 is 0 Å². The predicted octanol–water partition coefficient (Wildman–Crippen LogP) is 4.45. The highest BCUT2D eigenvalue weighted by atomic mass is 35.5. The first-order valence-corrected chi connectivity index (χ1v) is 10.5. The molecule has 0 spiro atoms. The predicted molar refractivity (Wildman–Crippen MR) is 116 cm³/mol. The van der Waals surface area contributed by atoms with Gasteiger partial charge in [-0.15, -0.1) is 12.4 Å². The van der Waals surface area contributed by atoms with Gasteiger partial charge in [0.2, 0.25) is 5.44 Å². The quantitative estimate of drug-likeness (QED) is 0.622. The third kappa shape index (κ3) is 3.68. The molecule has 1 heterocycles. The molecule has 0 saturated heterocycles. The Balaban J connectivity index is 0.00000225. The third-order valence-corrected chi connectivity index (χ3v) is 6.66. The Morgan fingerprint density at radius 1 is 1.00 bits per heavy atom. The van der Waals surface area contributed by atoms with Gasteiger partial charge in [0.05, 0.1) is 11.4 Å². The third-order valence-electron chi connectivity index (χ3n) is 4.75. The number of halogens is 1. The molecule has 0 fully saturated rings. The largest absolute Gasteiger partial charge is 0.470 e. The van der Waals surface area contributed by atoms with Crippen molar-refractivity contribution < 1.29 is 13.2 Å². The van der Waals surface area contributed by atoms with Gasteiger partial charge in [-0.3, -0.25) is 0 Å². The minimum absolute atomic E-state index is 0. The van der Waals surface area contributed by atoms with Crippen LogP contribution in [-0.2, 0) is 10.0 Å². The van der Waals surface area contributed by atoms with Crippen molar-refractivity contribution in [3.8, 4) is 5.75 Å². The van der Waals surface area contributed by atoms with Crippen LogP contribution in [0.1, 0.15) is 12.8 Å². The number of sulfonamides is 1. The average Bonchev–Trinajstić information content (AvgIpc) is 2.67. The van der Waals surface area contributed by atoms with E-state index < -0.39 is 15.5 Å². The van der Waals surface area contributed by atoms with Crippen LogP contribution in [0.5, 0.6) is 5.75 Å². The van der Waals surface area contributed by atoms with Gasteiger partial charge in [0, 0.05) is 6.42 Å². The minimum Gasteiger partial charge on any atom is -0.470 e. The smallest absolute Gasteiger partial charge is 0.277 e. The Kier molecular flexibility index (Phi) is 6.13. The molecule has 0 aromatic heterocycles. The fourth-order valence-electron chi connectivity index (χ4n) is 3.42. The maximum atomic E-state index is 13.4. The molecule has 1 aliphatic heterocycles. The van der Waals surface area contributed by atoms with Crippen LogP contribution in [0.15, 0.2) is 66.7 Å². The lowest BCUT2D eigenvalue weighted by molar-refractivity contribution is 0.255. The van der Waals surface area contributed by atoms with E-state index in [1.807, 2.05) is 73.8 Å². The molecule has 5 nitrogen and oxygen atoms in total. The molecule has 0 aliphatic carbocycles. The zero-order chi connectivity index (χ0) is 18.9. The van der Waals surface area contributed by atoms with Crippen molar-refractivity contribution in [3.05, 3.63) is 66.7 Å². The summed E-state index contributed by atoms with van der Waals surface area (Å²) in [6.07, 6.45) is 1.14. The van der Waals surface area contributed by atoms with Crippen LogP contribution in [0.3, 0.4) is 0 Å². The number of para-hydroxylation sites is 1. The topological polar surface area (TPSA) is 58.6 Å². The van der Waals surface area contributed by atoms with E-state index in [9.17, 15) is 8.42 Å². The SMILES string of the molecule is CNCCC[C@H]1Oc2cc3ccccc3cc2N(c2ccccc2)S1(=O)=O.Cl. The summed E-state index contributed by atoms with van der Waals surface area (Å²) in [6, 6.07) is 20.9. The standard InChI is InChI=1S/C21H22N2O3S.ClH/c1-22-13-7-12-21-26-20-15-17-9-6-5-8-16(17)14-19(20)23(27(21,24)25)18-10-3-2-4-11-18;/h2-6,8-11,14-15,21-22H,7,12-13H2,1H3;1H/t21-;/m0./s1. The van der Waals surface area contributed by atoms with Crippen LogP contribution >= 0.6 is 12.4 Å². The molecular formula is C21H23ClN2O3S. The van der Waals surface area contributed by atoms with E-state index in [0.29, 0.717) is 30.0 Å². The number of nitrogens with zero attached hydrogens (tertiary/aromatic N) is 1. The van der Waals surface area contributed by atoms with Gasteiger partial charge in [-0.2, -0.15) is 0 Å².